The molecule has 0 aromatic carbocycles. The zero-order valence-corrected chi connectivity index (χ0v) is 12.6. The van der Waals surface area contributed by atoms with Crippen LogP contribution in [0.1, 0.15) is 66.7 Å². The highest BCUT2D eigenvalue weighted by Gasteiger charge is 2.52. The molecule has 0 aromatic rings. The lowest BCUT2D eigenvalue weighted by atomic mass is 9.77. The van der Waals surface area contributed by atoms with Crippen LogP contribution in [0.2, 0.25) is 0 Å². The van der Waals surface area contributed by atoms with Gasteiger partial charge in [-0.3, -0.25) is 0 Å². The Morgan fingerprint density at radius 1 is 1.00 bits per heavy atom. The summed E-state index contributed by atoms with van der Waals surface area (Å²) in [7, 11) is 0. The molecule has 2 fully saturated rings. The lowest BCUT2D eigenvalue weighted by Gasteiger charge is -2.28. The van der Waals surface area contributed by atoms with Crippen molar-refractivity contribution in [1.82, 2.24) is 0 Å². The van der Waals surface area contributed by atoms with Crippen LogP contribution in [-0.2, 0) is 0 Å². The molecule has 0 aromatic heterocycles. The summed E-state index contributed by atoms with van der Waals surface area (Å²) in [5, 5.41) is 0. The van der Waals surface area contributed by atoms with Crippen molar-refractivity contribution in [1.29, 1.82) is 0 Å². The molecule has 2 saturated carbocycles. The predicted molar refractivity (Wildman–Crippen MR) is 75.9 cm³/mol. The second-order valence-electron chi connectivity index (χ2n) is 7.18. The summed E-state index contributed by atoms with van der Waals surface area (Å²) in [6, 6.07) is 0. The van der Waals surface area contributed by atoms with Crippen LogP contribution in [0.3, 0.4) is 0 Å². The van der Waals surface area contributed by atoms with Crippen molar-refractivity contribution >= 4 is 0 Å². The van der Waals surface area contributed by atoms with Gasteiger partial charge in [-0.1, -0.05) is 53.9 Å². The van der Waals surface area contributed by atoms with Crippen LogP contribution in [0.5, 0.6) is 0 Å². The molecular weight excluding hydrogens is 204 g/mol. The zero-order valence-electron chi connectivity index (χ0n) is 12.6. The third kappa shape index (κ3) is 2.29. The van der Waals surface area contributed by atoms with E-state index in [-0.39, 0.29) is 0 Å². The van der Waals surface area contributed by atoms with E-state index in [9.17, 15) is 0 Å². The molecule has 0 radical (unpaired) electrons. The van der Waals surface area contributed by atoms with Gasteiger partial charge in [0.25, 0.3) is 0 Å². The second-order valence-corrected chi connectivity index (χ2v) is 7.18. The lowest BCUT2D eigenvalue weighted by Crippen LogP contribution is -2.22. The first-order chi connectivity index (χ1) is 8.10. The topological polar surface area (TPSA) is 0 Å². The SMILES string of the molecule is CCCC1CC(C)C2C(C(C)CC)CC(C)C12. The van der Waals surface area contributed by atoms with E-state index in [1.165, 1.54) is 32.1 Å². The van der Waals surface area contributed by atoms with Gasteiger partial charge in [-0.05, 0) is 54.3 Å². The monoisotopic (exact) mass is 236 g/mol. The Bertz CT molecular complexity index is 244. The first-order valence-electron chi connectivity index (χ1n) is 8.10. The molecule has 0 saturated heterocycles. The number of fused-ring (bicyclic) bond motifs is 1. The quantitative estimate of drug-likeness (QED) is 0.615. The van der Waals surface area contributed by atoms with Crippen LogP contribution in [0.25, 0.3) is 0 Å². The molecule has 2 rings (SSSR count). The van der Waals surface area contributed by atoms with Crippen LogP contribution < -0.4 is 0 Å². The molecular formula is C17H32. The summed E-state index contributed by atoms with van der Waals surface area (Å²) in [6.07, 6.45) is 7.31. The maximum absolute atomic E-state index is 2.54. The van der Waals surface area contributed by atoms with Crippen LogP contribution >= 0.6 is 0 Å². The van der Waals surface area contributed by atoms with E-state index in [2.05, 4.69) is 34.6 Å². The van der Waals surface area contributed by atoms with Gasteiger partial charge in [-0.2, -0.15) is 0 Å². The first-order valence-corrected chi connectivity index (χ1v) is 8.10. The normalized spacial score (nSPS) is 47.1. The largest absolute Gasteiger partial charge is 0.0654 e. The van der Waals surface area contributed by atoms with Crippen molar-refractivity contribution in [2.45, 2.75) is 66.7 Å². The molecule has 100 valence electrons. The molecule has 0 nitrogen and oxygen atoms in total. The van der Waals surface area contributed by atoms with Crippen LogP contribution in [0.4, 0.5) is 0 Å². The maximum Gasteiger partial charge on any atom is -0.0324 e. The molecule has 0 heterocycles. The van der Waals surface area contributed by atoms with Gasteiger partial charge in [0.1, 0.15) is 0 Å². The third-order valence-electron chi connectivity index (χ3n) is 6.15. The van der Waals surface area contributed by atoms with Gasteiger partial charge < -0.3 is 0 Å². The van der Waals surface area contributed by atoms with Gasteiger partial charge in [0.05, 0.1) is 0 Å². The minimum Gasteiger partial charge on any atom is -0.0654 e. The van der Waals surface area contributed by atoms with E-state index in [0.29, 0.717) is 0 Å². The summed E-state index contributed by atoms with van der Waals surface area (Å²) in [5.74, 6) is 7.19. The Kier molecular flexibility index (Phi) is 4.21. The van der Waals surface area contributed by atoms with Gasteiger partial charge in [-0.15, -0.1) is 0 Å². The van der Waals surface area contributed by atoms with E-state index in [4.69, 9.17) is 0 Å². The van der Waals surface area contributed by atoms with E-state index in [1.54, 1.807) is 0 Å². The molecule has 0 amide bonds. The minimum atomic E-state index is 0.954. The van der Waals surface area contributed by atoms with Gasteiger partial charge in [0, 0.05) is 0 Å². The van der Waals surface area contributed by atoms with Crippen LogP contribution in [0, 0.1) is 41.4 Å². The van der Waals surface area contributed by atoms with Crippen molar-refractivity contribution in [3.8, 4) is 0 Å². The maximum atomic E-state index is 2.54. The number of hydrogen-bond donors (Lipinski definition) is 0. The van der Waals surface area contributed by atoms with Crippen molar-refractivity contribution in [3.63, 3.8) is 0 Å². The third-order valence-corrected chi connectivity index (χ3v) is 6.15. The highest BCUT2D eigenvalue weighted by Crippen LogP contribution is 2.59. The summed E-state index contributed by atoms with van der Waals surface area (Å²) >= 11 is 0. The molecule has 0 bridgehead atoms. The molecule has 0 heteroatoms. The Balaban J connectivity index is 2.14. The fraction of sp³-hybridized carbons (Fsp3) is 1.00. The average molecular weight is 236 g/mol. The molecule has 2 aliphatic carbocycles. The second kappa shape index (κ2) is 5.33. The van der Waals surface area contributed by atoms with Crippen LogP contribution in [-0.4, -0.2) is 0 Å². The Hall–Kier alpha value is 0. The average Bonchev–Trinajstić information content (AvgIpc) is 2.80. The van der Waals surface area contributed by atoms with E-state index < -0.39 is 0 Å². The highest BCUT2D eigenvalue weighted by atomic mass is 14.6. The first kappa shape index (κ1) is 13.4. The smallest absolute Gasteiger partial charge is 0.0324 e. The summed E-state index contributed by atoms with van der Waals surface area (Å²) in [4.78, 5) is 0. The molecule has 0 spiro atoms. The molecule has 7 unspecified atom stereocenters. The predicted octanol–water partition coefficient (Wildman–Crippen LogP) is 5.38. The van der Waals surface area contributed by atoms with Gasteiger partial charge in [0.15, 0.2) is 0 Å². The standard InChI is InChI=1S/C17H32/c1-6-8-14-9-12(4)17-15(11(3)7-2)10-13(5)16(14)17/h11-17H,6-10H2,1-5H3. The fourth-order valence-electron chi connectivity index (χ4n) is 5.38. The molecule has 0 N–H and O–H groups in total. The Morgan fingerprint density at radius 2 is 1.65 bits per heavy atom. The zero-order chi connectivity index (χ0) is 12.6. The number of rotatable bonds is 4. The van der Waals surface area contributed by atoms with Crippen molar-refractivity contribution in [2.75, 3.05) is 0 Å². The minimum absolute atomic E-state index is 0.954. The Labute approximate surface area is 109 Å². The van der Waals surface area contributed by atoms with Crippen molar-refractivity contribution in [3.05, 3.63) is 0 Å². The molecule has 17 heavy (non-hydrogen) atoms. The Morgan fingerprint density at radius 3 is 2.24 bits per heavy atom. The molecule has 0 aliphatic heterocycles. The molecule has 7 atom stereocenters. The fourth-order valence-corrected chi connectivity index (χ4v) is 5.38. The van der Waals surface area contributed by atoms with E-state index in [1.807, 2.05) is 0 Å². The van der Waals surface area contributed by atoms with Gasteiger partial charge in [0.2, 0.25) is 0 Å². The van der Waals surface area contributed by atoms with E-state index >= 15 is 0 Å². The number of hydrogen-bond acceptors (Lipinski definition) is 0. The van der Waals surface area contributed by atoms with Gasteiger partial charge in [-0.25, -0.2) is 0 Å². The summed E-state index contributed by atoms with van der Waals surface area (Å²) in [6.45, 7) is 12.3. The lowest BCUT2D eigenvalue weighted by molar-refractivity contribution is 0.203. The summed E-state index contributed by atoms with van der Waals surface area (Å²) < 4.78 is 0. The van der Waals surface area contributed by atoms with Crippen molar-refractivity contribution in [2.24, 2.45) is 41.4 Å². The van der Waals surface area contributed by atoms with E-state index in [0.717, 1.165) is 41.4 Å². The van der Waals surface area contributed by atoms with Crippen LogP contribution in [0.15, 0.2) is 0 Å². The summed E-state index contributed by atoms with van der Waals surface area (Å²) in [5.41, 5.74) is 0. The van der Waals surface area contributed by atoms with Crippen molar-refractivity contribution < 1.29 is 0 Å². The molecule has 2 aliphatic rings. The van der Waals surface area contributed by atoms with Gasteiger partial charge >= 0.3 is 0 Å². The highest BCUT2D eigenvalue weighted by molar-refractivity contribution is 5.00.